The van der Waals surface area contributed by atoms with Crippen molar-refractivity contribution in [3.8, 4) is 28.3 Å². The van der Waals surface area contributed by atoms with E-state index in [-0.39, 0.29) is 38.7 Å². The number of benzene rings is 2. The van der Waals surface area contributed by atoms with E-state index in [1.807, 2.05) is 11.0 Å². The van der Waals surface area contributed by atoms with Crippen LogP contribution < -0.4 is 21.3 Å². The number of anilines is 1. The van der Waals surface area contributed by atoms with E-state index in [4.69, 9.17) is 32.9 Å². The number of pyridine rings is 1. The number of nitrogens with one attached hydrogen (secondary N) is 1. The number of rotatable bonds is 6. The third-order valence-corrected chi connectivity index (χ3v) is 10.6. The summed E-state index contributed by atoms with van der Waals surface area (Å²) in [6, 6.07) is 6.67. The zero-order valence-electron chi connectivity index (χ0n) is 27.4. The molecule has 12 nitrogen and oxygen atoms in total. The van der Waals surface area contributed by atoms with Gasteiger partial charge in [0.25, 0.3) is 11.5 Å². The van der Waals surface area contributed by atoms with Gasteiger partial charge in [0, 0.05) is 80.9 Å². The number of fused-ring (bicyclic) bond motifs is 1. The number of likely N-dealkylation sites (tertiary alicyclic amines) is 2. The maximum atomic E-state index is 15.6. The highest BCUT2D eigenvalue weighted by atomic mass is 35.5. The highest BCUT2D eigenvalue weighted by Gasteiger charge is 2.55. The molecule has 1 atom stereocenters. The number of amides is 2. The van der Waals surface area contributed by atoms with E-state index in [1.165, 1.54) is 27.3 Å². The number of hydrogen-bond acceptors (Lipinski definition) is 8. The predicted molar refractivity (Wildman–Crippen MR) is 182 cm³/mol. The molecule has 0 bridgehead atoms. The van der Waals surface area contributed by atoms with E-state index in [0.29, 0.717) is 21.7 Å². The number of aromatic nitrogens is 4. The third kappa shape index (κ3) is 5.37. The largest absolute Gasteiger partial charge is 0.481 e. The molecule has 260 valence electrons. The summed E-state index contributed by atoms with van der Waals surface area (Å²) in [6.45, 7) is 4.88. The first-order chi connectivity index (χ1) is 23.7. The number of methoxy groups -OCH3 is 1. The zero-order valence-corrected chi connectivity index (χ0v) is 29.0. The lowest BCUT2D eigenvalue weighted by Crippen LogP contribution is -2.72. The van der Waals surface area contributed by atoms with Crippen LogP contribution in [0.25, 0.3) is 22.4 Å². The molecule has 2 amide bonds. The van der Waals surface area contributed by atoms with Gasteiger partial charge in [-0.25, -0.2) is 23.2 Å². The Bertz CT molecular complexity index is 2240. The van der Waals surface area contributed by atoms with Crippen LogP contribution in [0.15, 0.2) is 39.9 Å². The van der Waals surface area contributed by atoms with Crippen molar-refractivity contribution in [2.75, 3.05) is 38.6 Å². The fraction of sp³-hybridized carbons (Fsp3) is 0.353. The Morgan fingerprint density at radius 2 is 1.66 bits per heavy atom. The van der Waals surface area contributed by atoms with Crippen LogP contribution in [0, 0.1) is 17.0 Å². The summed E-state index contributed by atoms with van der Waals surface area (Å²) in [7, 11) is 3.99. The number of hydrogen-bond donors (Lipinski definition) is 1. The number of nitrogens with zero attached hydrogens (tertiary/aromatic N) is 6. The lowest BCUT2D eigenvalue weighted by molar-refractivity contribution is -0.161. The molecule has 3 aliphatic rings. The molecule has 2 aromatic carbocycles. The monoisotopic (exact) mass is 725 g/mol. The Morgan fingerprint density at radius 3 is 2.32 bits per heavy atom. The van der Waals surface area contributed by atoms with E-state index in [9.17, 15) is 19.2 Å². The SMILES string of the molecule is COc1nc(-c2ccc(F)c(-c3c(F)ccc(NC(=O)c4nn(C)c(=O)n(C)c4=O)c3Cl)c2Cl)cc2c1C(N1CC3(CN(C(C)=O)C3)C1)CC2. The molecule has 1 aliphatic carbocycles. The molecule has 2 fully saturated rings. The number of carbonyl (C=O) groups is 2. The van der Waals surface area contributed by atoms with Gasteiger partial charge in [-0.2, -0.15) is 5.10 Å². The molecule has 1 N–H and O–H groups in total. The van der Waals surface area contributed by atoms with Gasteiger partial charge in [-0.1, -0.05) is 23.2 Å². The molecule has 0 radical (unpaired) electrons. The Kier molecular flexibility index (Phi) is 8.31. The molecule has 7 rings (SSSR count). The molecular weight excluding hydrogens is 695 g/mol. The van der Waals surface area contributed by atoms with E-state index in [2.05, 4.69) is 15.3 Å². The van der Waals surface area contributed by atoms with Crippen molar-refractivity contribution < 1.29 is 23.1 Å². The van der Waals surface area contributed by atoms with Crippen molar-refractivity contribution in [2.45, 2.75) is 25.8 Å². The van der Waals surface area contributed by atoms with Crippen LogP contribution in [0.3, 0.4) is 0 Å². The maximum Gasteiger partial charge on any atom is 0.346 e. The molecule has 16 heteroatoms. The average molecular weight is 727 g/mol. The minimum absolute atomic E-state index is 0.0922. The molecule has 4 heterocycles. The van der Waals surface area contributed by atoms with Crippen LogP contribution in [0.5, 0.6) is 5.88 Å². The van der Waals surface area contributed by atoms with E-state index in [1.54, 1.807) is 6.92 Å². The van der Waals surface area contributed by atoms with Crippen molar-refractivity contribution in [3.63, 3.8) is 0 Å². The fourth-order valence-corrected chi connectivity index (χ4v) is 7.98. The average Bonchev–Trinajstić information content (AvgIpc) is 3.46. The van der Waals surface area contributed by atoms with Gasteiger partial charge in [-0.15, -0.1) is 0 Å². The Hall–Kier alpha value is -4.66. The van der Waals surface area contributed by atoms with Gasteiger partial charge in [-0.3, -0.25) is 23.9 Å². The van der Waals surface area contributed by atoms with E-state index >= 15 is 8.78 Å². The summed E-state index contributed by atoms with van der Waals surface area (Å²) in [5.74, 6) is -2.32. The van der Waals surface area contributed by atoms with Crippen molar-refractivity contribution >= 4 is 40.7 Å². The van der Waals surface area contributed by atoms with Crippen molar-refractivity contribution in [1.29, 1.82) is 0 Å². The molecule has 50 heavy (non-hydrogen) atoms. The molecule has 4 aromatic rings. The molecular formula is C34H31Cl2F2N7O5. The smallest absolute Gasteiger partial charge is 0.346 e. The molecule has 2 aromatic heterocycles. The maximum absolute atomic E-state index is 15.6. The number of halogens is 4. The van der Waals surface area contributed by atoms with Crippen LogP contribution in [0.4, 0.5) is 14.5 Å². The zero-order chi connectivity index (χ0) is 35.8. The quantitative estimate of drug-likeness (QED) is 0.313. The Balaban J connectivity index is 1.21. The van der Waals surface area contributed by atoms with Gasteiger partial charge in [-0.05, 0) is 48.7 Å². The first-order valence-corrected chi connectivity index (χ1v) is 16.5. The van der Waals surface area contributed by atoms with Crippen LogP contribution >= 0.6 is 23.2 Å². The van der Waals surface area contributed by atoms with Crippen molar-refractivity contribution in [2.24, 2.45) is 19.5 Å². The topological polar surface area (TPSA) is 132 Å². The third-order valence-electron chi connectivity index (χ3n) is 9.83. The van der Waals surface area contributed by atoms with Gasteiger partial charge in [0.05, 0.1) is 28.5 Å². The number of carbonyl (C=O) groups excluding carboxylic acids is 2. The first kappa shape index (κ1) is 33.8. The summed E-state index contributed by atoms with van der Waals surface area (Å²) in [5, 5.41) is 5.59. The van der Waals surface area contributed by atoms with Crippen LogP contribution in [0.1, 0.15) is 41.0 Å². The van der Waals surface area contributed by atoms with Crippen molar-refractivity contribution in [3.05, 3.63) is 89.7 Å². The summed E-state index contributed by atoms with van der Waals surface area (Å²) in [4.78, 5) is 58.3. The minimum atomic E-state index is -1.02. The fourth-order valence-electron chi connectivity index (χ4n) is 7.34. The summed E-state index contributed by atoms with van der Waals surface area (Å²) in [6.07, 6.45) is 1.60. The van der Waals surface area contributed by atoms with Gasteiger partial charge < -0.3 is 15.0 Å². The molecule has 0 saturated carbocycles. The van der Waals surface area contributed by atoms with Crippen LogP contribution in [-0.4, -0.2) is 74.2 Å². The minimum Gasteiger partial charge on any atom is -0.481 e. The number of aryl methyl sites for hydroxylation is 2. The molecule has 2 aliphatic heterocycles. The summed E-state index contributed by atoms with van der Waals surface area (Å²) in [5.41, 5.74) is -0.427. The van der Waals surface area contributed by atoms with Gasteiger partial charge >= 0.3 is 5.69 Å². The first-order valence-electron chi connectivity index (χ1n) is 15.7. The van der Waals surface area contributed by atoms with Gasteiger partial charge in [0.15, 0.2) is 0 Å². The van der Waals surface area contributed by atoms with Crippen LogP contribution in [0.2, 0.25) is 10.0 Å². The summed E-state index contributed by atoms with van der Waals surface area (Å²) < 4.78 is 38.4. The molecule has 2 saturated heterocycles. The second kappa shape index (κ2) is 12.3. The summed E-state index contributed by atoms with van der Waals surface area (Å²) >= 11 is 13.4. The Morgan fingerprint density at radius 1 is 1.00 bits per heavy atom. The Labute approximate surface area is 294 Å². The van der Waals surface area contributed by atoms with Crippen LogP contribution in [-0.2, 0) is 25.3 Å². The standard InChI is InChI=1S/C34H31Cl2F2N7O5/c1-16(46)44-12-34(13-44)14-45(15-34)23-10-5-17-11-22(40-31(50-4)24(17)23)18-6-7-19(37)25(27(18)35)26-20(38)8-9-21(28(26)36)39-30(47)29-32(48)42(2)33(49)43(3)41-29/h6-9,11,23H,5,10,12-15H2,1-4H3,(H,39,47). The van der Waals surface area contributed by atoms with E-state index in [0.717, 1.165) is 73.0 Å². The van der Waals surface area contributed by atoms with Crippen molar-refractivity contribution in [1.82, 2.24) is 29.1 Å². The lowest BCUT2D eigenvalue weighted by Gasteiger charge is -2.61. The van der Waals surface area contributed by atoms with Gasteiger partial charge in [0.2, 0.25) is 17.5 Å². The lowest BCUT2D eigenvalue weighted by atomic mass is 9.72. The van der Waals surface area contributed by atoms with Gasteiger partial charge in [0.1, 0.15) is 11.6 Å². The number of ether oxygens (including phenoxy) is 1. The molecule has 1 unspecified atom stereocenters. The molecule has 1 spiro atoms. The predicted octanol–water partition coefficient (Wildman–Crippen LogP) is 4.21. The highest BCUT2D eigenvalue weighted by Crippen LogP contribution is 2.50. The second-order valence-electron chi connectivity index (χ2n) is 13.1. The normalized spacial score (nSPS) is 17.7. The van der Waals surface area contributed by atoms with E-state index < -0.39 is 40.0 Å². The highest BCUT2D eigenvalue weighted by molar-refractivity contribution is 6.39. The second-order valence-corrected chi connectivity index (χ2v) is 13.8.